The van der Waals surface area contributed by atoms with Crippen LogP contribution in [0.1, 0.15) is 130 Å². The van der Waals surface area contributed by atoms with Gasteiger partial charge < -0.3 is 0 Å². The maximum absolute atomic E-state index is 11.5. The summed E-state index contributed by atoms with van der Waals surface area (Å²) in [6.45, 7) is 8.55. The number of carboxylic acids is 4. The van der Waals surface area contributed by atoms with Gasteiger partial charge in [-0.05, 0) is 0 Å². The van der Waals surface area contributed by atoms with E-state index in [9.17, 15) is 39.6 Å². The number of aliphatic carboxylic acids is 4. The summed E-state index contributed by atoms with van der Waals surface area (Å²) < 4.78 is 12.6. The molecule has 4 N–H and O–H groups in total. The van der Waals surface area contributed by atoms with E-state index in [0.717, 1.165) is 51.4 Å². The minimum atomic E-state index is -0.863. The molecule has 0 fully saturated rings. The van der Waals surface area contributed by atoms with Gasteiger partial charge in [0.15, 0.2) is 0 Å². The third kappa shape index (κ3) is 20.2. The molecule has 10 nitrogen and oxygen atoms in total. The van der Waals surface area contributed by atoms with Crippen molar-refractivity contribution in [2.75, 3.05) is 13.2 Å². The molecule has 6 unspecified atom stereocenters. The number of hydrogen-bond donors (Lipinski definition) is 4. The van der Waals surface area contributed by atoms with Crippen molar-refractivity contribution in [2.45, 2.75) is 139 Å². The second kappa shape index (κ2) is 25.8. The van der Waals surface area contributed by atoms with E-state index >= 15 is 0 Å². The maximum atomic E-state index is 11.5. The molecule has 0 spiro atoms. The molecule has 11 heteroatoms. The predicted octanol–water partition coefficient (Wildman–Crippen LogP) is 6.88. The number of unbranched alkanes of at least 4 members (excludes halogenated alkanes) is 2. The van der Waals surface area contributed by atoms with Crippen LogP contribution >= 0.6 is 0 Å². The average Bonchev–Trinajstić information content (AvgIpc) is 2.95. The Morgan fingerprint density at radius 2 is 0.744 bits per heavy atom. The molecule has 0 bridgehead atoms. The van der Waals surface area contributed by atoms with Gasteiger partial charge in [-0.3, -0.25) is 0 Å². The Balaban J connectivity index is 5.28. The average molecular weight is 699 g/mol. The van der Waals surface area contributed by atoms with Gasteiger partial charge in [-0.15, -0.1) is 0 Å². The van der Waals surface area contributed by atoms with Crippen LogP contribution in [-0.2, 0) is 47.2 Å². The van der Waals surface area contributed by atoms with Crippen LogP contribution in [0.4, 0.5) is 0 Å². The molecule has 0 aromatic rings. The summed E-state index contributed by atoms with van der Waals surface area (Å²) in [6.07, 6.45) is 10.7. The fourth-order valence-corrected chi connectivity index (χ4v) is 8.22. The van der Waals surface area contributed by atoms with Crippen molar-refractivity contribution in [1.82, 2.24) is 0 Å². The van der Waals surface area contributed by atoms with Crippen LogP contribution < -0.4 is 0 Å². The fourth-order valence-electron chi connectivity index (χ4n) is 5.04. The Labute approximate surface area is 267 Å². The summed E-state index contributed by atoms with van der Waals surface area (Å²) in [5.41, 5.74) is 0. The number of rotatable bonds is 30. The molecule has 0 rings (SSSR count). The number of carbonyl (C=O) groups is 4. The summed E-state index contributed by atoms with van der Waals surface area (Å²) in [4.78, 5) is 45.7. The van der Waals surface area contributed by atoms with Gasteiger partial charge in [0.2, 0.25) is 0 Å². The molecule has 0 radical (unpaired) electrons. The van der Waals surface area contributed by atoms with Crippen LogP contribution in [-0.4, -0.2) is 66.5 Å². The Kier molecular flexibility index (Phi) is 24.9. The normalized spacial score (nSPS) is 15.7. The first-order valence-electron chi connectivity index (χ1n) is 16.3. The van der Waals surface area contributed by atoms with Crippen molar-refractivity contribution in [1.29, 1.82) is 0 Å². The van der Waals surface area contributed by atoms with E-state index in [1.54, 1.807) is 0 Å². The number of ether oxygens (including phenoxy) is 2. The molecule has 0 aliphatic rings. The van der Waals surface area contributed by atoms with Crippen LogP contribution in [0, 0.1) is 23.7 Å². The summed E-state index contributed by atoms with van der Waals surface area (Å²) in [7, 11) is 0. The third-order valence-electron chi connectivity index (χ3n) is 8.16. The quantitative estimate of drug-likeness (QED) is 0.0459. The summed E-state index contributed by atoms with van der Waals surface area (Å²) in [6, 6.07) is 0. The summed E-state index contributed by atoms with van der Waals surface area (Å²) in [5.74, 6) is -4.53. The molecule has 0 heterocycles. The second-order valence-electron chi connectivity index (χ2n) is 11.4. The molecule has 0 aromatic carbocycles. The van der Waals surface area contributed by atoms with E-state index in [-0.39, 0.29) is 32.7 Å². The Morgan fingerprint density at radius 3 is 1.00 bits per heavy atom. The first-order chi connectivity index (χ1) is 20.5. The molecule has 0 saturated heterocycles. The van der Waals surface area contributed by atoms with Crippen LogP contribution in [0.2, 0.25) is 0 Å². The molecule has 0 aliphatic heterocycles. The molecule has 252 valence electrons. The van der Waals surface area contributed by atoms with Crippen molar-refractivity contribution in [2.24, 2.45) is 23.7 Å². The molecule has 0 saturated carbocycles. The summed E-state index contributed by atoms with van der Waals surface area (Å²) >= 11 is -0.863. The molecule has 43 heavy (non-hydrogen) atoms. The predicted molar refractivity (Wildman–Crippen MR) is 161 cm³/mol. The Bertz CT molecular complexity index is 715. The standard InChI is InChI=1S/2C16H29O5.Mo/c2*1-3-13(15(17)18)9-5-7-11-21-12-8-6-10-14(4-2)16(19)20;/h2*11,13-14H,3-10,12H2,1-2H3,(H,17,18)(H,19,20);. The fraction of sp³-hybridized carbons (Fsp3) is 0.875. The second-order valence-corrected chi connectivity index (χ2v) is 14.6. The van der Waals surface area contributed by atoms with E-state index in [1.165, 1.54) is 0 Å². The molecule has 0 aliphatic carbocycles. The van der Waals surface area contributed by atoms with Crippen molar-refractivity contribution in [3.05, 3.63) is 0 Å². The van der Waals surface area contributed by atoms with Gasteiger partial charge in [0.25, 0.3) is 0 Å². The van der Waals surface area contributed by atoms with E-state index in [4.69, 9.17) is 9.47 Å². The first-order valence-corrected chi connectivity index (χ1v) is 18.6. The SMILES string of the molecule is CCC(CCCCO[CH](CCCC(CC)C(=O)O)[Mo][CH](CCCC(CC)C(=O)O)OCCCCC(CC)C(=O)O)C(=O)O. The van der Waals surface area contributed by atoms with Gasteiger partial charge in [0.05, 0.1) is 0 Å². The van der Waals surface area contributed by atoms with Gasteiger partial charge in [-0.2, -0.15) is 0 Å². The Hall–Kier alpha value is -1.51. The molecular weight excluding hydrogens is 640 g/mol. The number of carboxylic acid groups (broad SMARTS) is 4. The topological polar surface area (TPSA) is 168 Å². The van der Waals surface area contributed by atoms with Crippen molar-refractivity contribution < 1.29 is 67.6 Å². The van der Waals surface area contributed by atoms with E-state index in [2.05, 4.69) is 0 Å². The van der Waals surface area contributed by atoms with Crippen LogP contribution in [0.25, 0.3) is 0 Å². The van der Waals surface area contributed by atoms with Gasteiger partial charge in [0.1, 0.15) is 0 Å². The minimum absolute atomic E-state index is 0.0268. The zero-order valence-electron chi connectivity index (χ0n) is 26.8. The number of hydrogen-bond acceptors (Lipinski definition) is 6. The Morgan fingerprint density at radius 1 is 0.465 bits per heavy atom. The zero-order valence-corrected chi connectivity index (χ0v) is 28.8. The van der Waals surface area contributed by atoms with Crippen molar-refractivity contribution >= 4 is 23.9 Å². The summed E-state index contributed by atoms with van der Waals surface area (Å²) in [5, 5.41) is 37.5. The van der Waals surface area contributed by atoms with Crippen molar-refractivity contribution in [3.63, 3.8) is 0 Å². The van der Waals surface area contributed by atoms with E-state index < -0.39 is 42.4 Å². The van der Waals surface area contributed by atoms with Gasteiger partial charge in [0, 0.05) is 0 Å². The van der Waals surface area contributed by atoms with Crippen LogP contribution in [0.3, 0.4) is 0 Å². The zero-order chi connectivity index (χ0) is 32.6. The third-order valence-corrected chi connectivity index (χ3v) is 11.5. The van der Waals surface area contributed by atoms with Gasteiger partial charge in [-0.25, -0.2) is 0 Å². The van der Waals surface area contributed by atoms with Gasteiger partial charge >= 0.3 is 268 Å². The monoisotopic (exact) mass is 700 g/mol. The van der Waals surface area contributed by atoms with Crippen LogP contribution in [0.5, 0.6) is 0 Å². The van der Waals surface area contributed by atoms with Crippen LogP contribution in [0.15, 0.2) is 0 Å². The van der Waals surface area contributed by atoms with Crippen molar-refractivity contribution in [3.8, 4) is 0 Å². The molecule has 6 atom stereocenters. The van der Waals surface area contributed by atoms with E-state index in [0.29, 0.717) is 64.6 Å². The van der Waals surface area contributed by atoms with E-state index in [1.807, 2.05) is 27.7 Å². The first kappa shape index (κ1) is 41.5. The van der Waals surface area contributed by atoms with Gasteiger partial charge in [-0.1, -0.05) is 0 Å². The molecule has 0 aromatic heterocycles. The molecular formula is C32H58MoO10. The molecule has 0 amide bonds.